The Hall–Kier alpha value is -3.02. The van der Waals surface area contributed by atoms with Crippen LogP contribution < -0.4 is 20.8 Å². The largest absolute Gasteiger partial charge is 0.493 e. The molecule has 3 aromatic rings. The molecule has 24 heavy (non-hydrogen) atoms. The van der Waals surface area contributed by atoms with Crippen molar-refractivity contribution in [2.45, 2.75) is 6.42 Å². The van der Waals surface area contributed by atoms with E-state index >= 15 is 0 Å². The van der Waals surface area contributed by atoms with Gasteiger partial charge in [0.25, 0.3) is 5.56 Å². The molecule has 1 aromatic heterocycles. The van der Waals surface area contributed by atoms with E-state index in [1.165, 1.54) is 4.68 Å². The predicted octanol–water partition coefficient (Wildman–Crippen LogP) is 2.12. The molecule has 0 aliphatic rings. The average Bonchev–Trinajstić information content (AvgIpc) is 2.60. The highest BCUT2D eigenvalue weighted by atomic mass is 16.5. The van der Waals surface area contributed by atoms with Gasteiger partial charge in [-0.2, -0.15) is 5.10 Å². The molecule has 0 aliphatic carbocycles. The molecular weight excluding hydrogens is 306 g/mol. The predicted molar refractivity (Wildman–Crippen MR) is 93.7 cm³/mol. The standard InChI is InChI=1S/C18H19N3O3/c1-21-18(22)14-10-17(24-3)16(23-2)9-13(14)15(20-21)8-11-4-6-12(19)7-5-11/h4-7,9-10H,8,19H2,1-3H3. The fourth-order valence-corrected chi connectivity index (χ4v) is 2.71. The number of hydrogen-bond donors (Lipinski definition) is 1. The summed E-state index contributed by atoms with van der Waals surface area (Å²) in [5.74, 6) is 1.09. The van der Waals surface area contributed by atoms with Gasteiger partial charge in [0, 0.05) is 24.5 Å². The number of anilines is 1. The monoisotopic (exact) mass is 325 g/mol. The zero-order valence-corrected chi connectivity index (χ0v) is 13.9. The summed E-state index contributed by atoms with van der Waals surface area (Å²) in [6.07, 6.45) is 0.584. The van der Waals surface area contributed by atoms with Gasteiger partial charge in [-0.15, -0.1) is 0 Å². The van der Waals surface area contributed by atoms with E-state index in [4.69, 9.17) is 15.2 Å². The molecule has 0 unspecified atom stereocenters. The number of aromatic nitrogens is 2. The Morgan fingerprint density at radius 1 is 1.04 bits per heavy atom. The summed E-state index contributed by atoms with van der Waals surface area (Å²) in [5.41, 5.74) is 8.12. The molecule has 0 fully saturated rings. The Labute approximate surface area is 139 Å². The molecule has 2 aromatic carbocycles. The van der Waals surface area contributed by atoms with Crippen molar-refractivity contribution in [1.29, 1.82) is 0 Å². The van der Waals surface area contributed by atoms with Crippen LogP contribution >= 0.6 is 0 Å². The van der Waals surface area contributed by atoms with Gasteiger partial charge in [0.05, 0.1) is 25.3 Å². The molecule has 0 amide bonds. The van der Waals surface area contributed by atoms with Gasteiger partial charge >= 0.3 is 0 Å². The summed E-state index contributed by atoms with van der Waals surface area (Å²) in [6, 6.07) is 11.1. The van der Waals surface area contributed by atoms with E-state index < -0.39 is 0 Å². The van der Waals surface area contributed by atoms with Crippen molar-refractivity contribution < 1.29 is 9.47 Å². The molecule has 0 aliphatic heterocycles. The maximum Gasteiger partial charge on any atom is 0.274 e. The second kappa shape index (κ2) is 6.23. The topological polar surface area (TPSA) is 79.4 Å². The molecule has 0 saturated carbocycles. The van der Waals surface area contributed by atoms with Crippen molar-refractivity contribution in [1.82, 2.24) is 9.78 Å². The molecule has 0 saturated heterocycles. The summed E-state index contributed by atoms with van der Waals surface area (Å²) in [5, 5.41) is 5.73. The number of nitrogens with zero attached hydrogens (tertiary/aromatic N) is 2. The van der Waals surface area contributed by atoms with Gasteiger partial charge in [-0.1, -0.05) is 12.1 Å². The first-order valence-corrected chi connectivity index (χ1v) is 7.50. The molecule has 0 bridgehead atoms. The Bertz CT molecular complexity index is 946. The minimum absolute atomic E-state index is 0.174. The first-order valence-electron chi connectivity index (χ1n) is 7.50. The van der Waals surface area contributed by atoms with Crippen molar-refractivity contribution in [2.75, 3.05) is 20.0 Å². The molecule has 124 valence electrons. The molecule has 0 radical (unpaired) electrons. The van der Waals surface area contributed by atoms with Gasteiger partial charge in [-0.05, 0) is 29.8 Å². The molecular formula is C18H19N3O3. The number of rotatable bonds is 4. The van der Waals surface area contributed by atoms with Gasteiger partial charge in [-0.25, -0.2) is 4.68 Å². The van der Waals surface area contributed by atoms with Crippen LogP contribution in [0.5, 0.6) is 11.5 Å². The van der Waals surface area contributed by atoms with E-state index in [0.29, 0.717) is 29.0 Å². The van der Waals surface area contributed by atoms with Crippen molar-refractivity contribution in [3.63, 3.8) is 0 Å². The van der Waals surface area contributed by atoms with E-state index in [-0.39, 0.29) is 5.56 Å². The Balaban J connectivity index is 2.21. The van der Waals surface area contributed by atoms with Crippen LogP contribution in [0.15, 0.2) is 41.2 Å². The minimum Gasteiger partial charge on any atom is -0.493 e. The number of fused-ring (bicyclic) bond motifs is 1. The average molecular weight is 325 g/mol. The number of nitrogen functional groups attached to an aromatic ring is 1. The van der Waals surface area contributed by atoms with Gasteiger partial charge < -0.3 is 15.2 Å². The maximum absolute atomic E-state index is 12.4. The number of benzene rings is 2. The highest BCUT2D eigenvalue weighted by molar-refractivity contribution is 5.87. The zero-order valence-electron chi connectivity index (χ0n) is 13.9. The summed E-state index contributed by atoms with van der Waals surface area (Å²) >= 11 is 0. The molecule has 0 spiro atoms. The van der Waals surface area contributed by atoms with Crippen LogP contribution in [-0.2, 0) is 13.5 Å². The molecule has 6 nitrogen and oxygen atoms in total. The van der Waals surface area contributed by atoms with E-state index in [2.05, 4.69) is 5.10 Å². The zero-order chi connectivity index (χ0) is 17.3. The fraction of sp³-hybridized carbons (Fsp3) is 0.222. The van der Waals surface area contributed by atoms with Crippen LogP contribution in [0.2, 0.25) is 0 Å². The number of methoxy groups -OCH3 is 2. The Morgan fingerprint density at radius 3 is 2.21 bits per heavy atom. The number of aryl methyl sites for hydroxylation is 1. The van der Waals surface area contributed by atoms with Crippen LogP contribution in [0.4, 0.5) is 5.69 Å². The SMILES string of the molecule is COc1cc2c(Cc3ccc(N)cc3)nn(C)c(=O)c2cc1OC. The van der Waals surface area contributed by atoms with E-state index in [1.807, 2.05) is 24.3 Å². The summed E-state index contributed by atoms with van der Waals surface area (Å²) in [6.45, 7) is 0. The van der Waals surface area contributed by atoms with Crippen molar-refractivity contribution in [3.05, 3.63) is 58.0 Å². The highest BCUT2D eigenvalue weighted by Crippen LogP contribution is 2.32. The van der Waals surface area contributed by atoms with Crippen LogP contribution in [-0.4, -0.2) is 24.0 Å². The Kier molecular flexibility index (Phi) is 4.12. The van der Waals surface area contributed by atoms with E-state index in [9.17, 15) is 4.79 Å². The lowest BCUT2D eigenvalue weighted by Crippen LogP contribution is -2.21. The maximum atomic E-state index is 12.4. The first-order chi connectivity index (χ1) is 11.5. The molecule has 6 heteroatoms. The summed E-state index contributed by atoms with van der Waals surface area (Å²) < 4.78 is 12.0. The smallest absolute Gasteiger partial charge is 0.274 e. The van der Waals surface area contributed by atoms with Crippen molar-refractivity contribution in [3.8, 4) is 11.5 Å². The third-order valence-corrected chi connectivity index (χ3v) is 3.98. The normalized spacial score (nSPS) is 10.8. The quantitative estimate of drug-likeness (QED) is 0.743. The number of hydrogen-bond acceptors (Lipinski definition) is 5. The lowest BCUT2D eigenvalue weighted by atomic mass is 10.0. The molecule has 3 rings (SSSR count). The molecule has 1 heterocycles. The van der Waals surface area contributed by atoms with E-state index in [0.717, 1.165) is 16.6 Å². The lowest BCUT2D eigenvalue weighted by molar-refractivity contribution is 0.355. The van der Waals surface area contributed by atoms with Crippen molar-refractivity contribution in [2.24, 2.45) is 7.05 Å². The van der Waals surface area contributed by atoms with Crippen LogP contribution in [0.1, 0.15) is 11.3 Å². The van der Waals surface area contributed by atoms with Crippen molar-refractivity contribution >= 4 is 16.5 Å². The third-order valence-electron chi connectivity index (χ3n) is 3.98. The van der Waals surface area contributed by atoms with Gasteiger partial charge in [-0.3, -0.25) is 4.79 Å². The lowest BCUT2D eigenvalue weighted by Gasteiger charge is -2.12. The first kappa shape index (κ1) is 15.9. The summed E-state index contributed by atoms with van der Waals surface area (Å²) in [7, 11) is 4.76. The minimum atomic E-state index is -0.174. The van der Waals surface area contributed by atoms with Gasteiger partial charge in [0.1, 0.15) is 0 Å². The Morgan fingerprint density at radius 2 is 1.62 bits per heavy atom. The molecule has 0 atom stereocenters. The van der Waals surface area contributed by atoms with E-state index in [1.54, 1.807) is 33.4 Å². The van der Waals surface area contributed by atoms with Crippen LogP contribution in [0, 0.1) is 0 Å². The second-order valence-corrected chi connectivity index (χ2v) is 5.55. The van der Waals surface area contributed by atoms with Gasteiger partial charge in [0.2, 0.25) is 0 Å². The highest BCUT2D eigenvalue weighted by Gasteiger charge is 2.14. The second-order valence-electron chi connectivity index (χ2n) is 5.55. The summed E-state index contributed by atoms with van der Waals surface area (Å²) in [4.78, 5) is 12.4. The van der Waals surface area contributed by atoms with Gasteiger partial charge in [0.15, 0.2) is 11.5 Å². The van der Waals surface area contributed by atoms with Crippen LogP contribution in [0.25, 0.3) is 10.8 Å². The number of nitrogens with two attached hydrogens (primary N) is 1. The fourth-order valence-electron chi connectivity index (χ4n) is 2.71. The molecule has 2 N–H and O–H groups in total. The number of ether oxygens (including phenoxy) is 2. The third kappa shape index (κ3) is 2.78. The van der Waals surface area contributed by atoms with Crippen LogP contribution in [0.3, 0.4) is 0 Å².